The third-order valence-corrected chi connectivity index (χ3v) is 4.16. The lowest BCUT2D eigenvalue weighted by Gasteiger charge is -2.09. The SMILES string of the molecule is NCCc1ccccc1-c1cnc(N)c(-c2nnc(-c3ccccc3)o2)n1. The molecule has 0 aliphatic rings. The first kappa shape index (κ1) is 16.9. The van der Waals surface area contributed by atoms with Crippen LogP contribution in [0.1, 0.15) is 5.56 Å². The minimum Gasteiger partial charge on any atom is -0.414 e. The van der Waals surface area contributed by atoms with Crippen LogP contribution in [0.4, 0.5) is 5.82 Å². The fourth-order valence-corrected chi connectivity index (χ4v) is 2.85. The van der Waals surface area contributed by atoms with Crippen LogP contribution < -0.4 is 11.5 Å². The van der Waals surface area contributed by atoms with Crippen molar-refractivity contribution in [3.05, 3.63) is 66.4 Å². The Morgan fingerprint density at radius 2 is 1.63 bits per heavy atom. The second-order valence-corrected chi connectivity index (χ2v) is 5.96. The summed E-state index contributed by atoms with van der Waals surface area (Å²) in [5.41, 5.74) is 15.7. The Hall–Kier alpha value is -3.58. The molecule has 0 saturated carbocycles. The highest BCUT2D eigenvalue weighted by Crippen LogP contribution is 2.29. The van der Waals surface area contributed by atoms with E-state index in [1.54, 1.807) is 6.20 Å². The van der Waals surface area contributed by atoms with Gasteiger partial charge in [-0.25, -0.2) is 9.97 Å². The van der Waals surface area contributed by atoms with Crippen molar-refractivity contribution in [1.29, 1.82) is 0 Å². The number of anilines is 1. The lowest BCUT2D eigenvalue weighted by molar-refractivity contribution is 0.582. The van der Waals surface area contributed by atoms with Crippen LogP contribution in [-0.2, 0) is 6.42 Å². The molecule has 4 rings (SSSR count). The van der Waals surface area contributed by atoms with Crippen LogP contribution in [0.15, 0.2) is 65.2 Å². The minimum absolute atomic E-state index is 0.233. The van der Waals surface area contributed by atoms with Gasteiger partial charge in [-0.2, -0.15) is 0 Å². The second kappa shape index (κ2) is 7.35. The van der Waals surface area contributed by atoms with Crippen molar-refractivity contribution in [2.45, 2.75) is 6.42 Å². The van der Waals surface area contributed by atoms with Crippen LogP contribution in [0, 0.1) is 0 Å². The largest absolute Gasteiger partial charge is 0.414 e. The van der Waals surface area contributed by atoms with E-state index in [-0.39, 0.29) is 11.7 Å². The molecule has 2 aromatic heterocycles. The van der Waals surface area contributed by atoms with E-state index in [0.717, 1.165) is 23.1 Å². The number of nitrogen functional groups attached to an aromatic ring is 1. The molecule has 0 fully saturated rings. The molecule has 0 spiro atoms. The fourth-order valence-electron chi connectivity index (χ4n) is 2.85. The van der Waals surface area contributed by atoms with Crippen LogP contribution >= 0.6 is 0 Å². The maximum absolute atomic E-state index is 6.02. The van der Waals surface area contributed by atoms with Crippen molar-refractivity contribution in [3.8, 4) is 34.3 Å². The normalized spacial score (nSPS) is 10.9. The van der Waals surface area contributed by atoms with Gasteiger partial charge in [0, 0.05) is 11.1 Å². The predicted molar refractivity (Wildman–Crippen MR) is 103 cm³/mol. The molecular weight excluding hydrogens is 340 g/mol. The third-order valence-electron chi connectivity index (χ3n) is 4.16. The van der Waals surface area contributed by atoms with E-state index in [0.29, 0.717) is 23.8 Å². The van der Waals surface area contributed by atoms with E-state index in [1.807, 2.05) is 54.6 Å². The summed E-state index contributed by atoms with van der Waals surface area (Å²) >= 11 is 0. The van der Waals surface area contributed by atoms with Gasteiger partial charge in [-0.3, -0.25) is 0 Å². The standard InChI is InChI=1S/C20H18N6O/c21-11-10-13-6-4-5-9-15(13)16-12-23-18(22)17(24-16)20-26-25-19(27-20)14-7-2-1-3-8-14/h1-9,12H,10-11,21H2,(H2,22,23). The average Bonchev–Trinajstić information content (AvgIpc) is 3.20. The van der Waals surface area contributed by atoms with Crippen molar-refractivity contribution < 1.29 is 4.42 Å². The number of aromatic nitrogens is 4. The summed E-state index contributed by atoms with van der Waals surface area (Å²) in [6.07, 6.45) is 2.39. The van der Waals surface area contributed by atoms with E-state index < -0.39 is 0 Å². The molecular formula is C20H18N6O. The molecule has 4 aromatic rings. The summed E-state index contributed by atoms with van der Waals surface area (Å²) in [7, 11) is 0. The molecule has 0 amide bonds. The first-order valence-corrected chi connectivity index (χ1v) is 8.56. The van der Waals surface area contributed by atoms with Gasteiger partial charge in [-0.15, -0.1) is 10.2 Å². The molecule has 7 heteroatoms. The predicted octanol–water partition coefficient (Wildman–Crippen LogP) is 2.94. The molecule has 27 heavy (non-hydrogen) atoms. The van der Waals surface area contributed by atoms with Gasteiger partial charge in [0.15, 0.2) is 11.5 Å². The molecule has 0 radical (unpaired) electrons. The van der Waals surface area contributed by atoms with Crippen molar-refractivity contribution in [2.75, 3.05) is 12.3 Å². The monoisotopic (exact) mass is 358 g/mol. The highest BCUT2D eigenvalue weighted by Gasteiger charge is 2.17. The molecule has 2 heterocycles. The summed E-state index contributed by atoms with van der Waals surface area (Å²) < 4.78 is 5.78. The molecule has 0 saturated heterocycles. The first-order chi connectivity index (χ1) is 13.3. The molecule has 134 valence electrons. The van der Waals surface area contributed by atoms with Crippen molar-refractivity contribution >= 4 is 5.82 Å². The van der Waals surface area contributed by atoms with Crippen LogP contribution in [0.5, 0.6) is 0 Å². The topological polar surface area (TPSA) is 117 Å². The van der Waals surface area contributed by atoms with Crippen molar-refractivity contribution in [1.82, 2.24) is 20.2 Å². The number of hydrogen-bond donors (Lipinski definition) is 2. The van der Waals surface area contributed by atoms with Crippen LogP contribution in [-0.4, -0.2) is 26.7 Å². The fraction of sp³-hybridized carbons (Fsp3) is 0.100. The third kappa shape index (κ3) is 3.40. The van der Waals surface area contributed by atoms with Gasteiger partial charge in [-0.05, 0) is 30.7 Å². The Labute approximate surface area is 156 Å². The van der Waals surface area contributed by atoms with Gasteiger partial charge < -0.3 is 15.9 Å². The number of nitrogens with zero attached hydrogens (tertiary/aromatic N) is 4. The smallest absolute Gasteiger partial charge is 0.270 e. The summed E-state index contributed by atoms with van der Waals surface area (Å²) in [6, 6.07) is 17.5. The van der Waals surface area contributed by atoms with Gasteiger partial charge in [0.25, 0.3) is 5.89 Å². The van der Waals surface area contributed by atoms with Crippen molar-refractivity contribution in [2.24, 2.45) is 5.73 Å². The van der Waals surface area contributed by atoms with Gasteiger partial charge >= 0.3 is 0 Å². The maximum atomic E-state index is 6.02. The lowest BCUT2D eigenvalue weighted by Crippen LogP contribution is -2.05. The highest BCUT2D eigenvalue weighted by molar-refractivity contribution is 5.70. The lowest BCUT2D eigenvalue weighted by atomic mass is 10.0. The summed E-state index contributed by atoms with van der Waals surface area (Å²) in [6.45, 7) is 0.552. The molecule has 4 N–H and O–H groups in total. The van der Waals surface area contributed by atoms with E-state index in [9.17, 15) is 0 Å². The molecule has 0 aliphatic heterocycles. The number of hydrogen-bond acceptors (Lipinski definition) is 7. The molecule has 0 aliphatic carbocycles. The van der Waals surface area contributed by atoms with Crippen molar-refractivity contribution in [3.63, 3.8) is 0 Å². The van der Waals surface area contributed by atoms with Gasteiger partial charge in [0.1, 0.15) is 0 Å². The van der Waals surface area contributed by atoms with Crippen LogP contribution in [0.3, 0.4) is 0 Å². The summed E-state index contributed by atoms with van der Waals surface area (Å²) in [5.74, 6) is 0.871. The van der Waals surface area contributed by atoms with Gasteiger partial charge in [0.05, 0.1) is 11.9 Å². The Morgan fingerprint density at radius 1 is 0.889 bits per heavy atom. The zero-order valence-electron chi connectivity index (χ0n) is 14.5. The van der Waals surface area contributed by atoms with Gasteiger partial charge in [-0.1, -0.05) is 42.5 Å². The number of rotatable bonds is 5. The zero-order chi connectivity index (χ0) is 18.6. The minimum atomic E-state index is 0.233. The highest BCUT2D eigenvalue weighted by atomic mass is 16.4. The van der Waals surface area contributed by atoms with Crippen LogP contribution in [0.25, 0.3) is 34.3 Å². The Balaban J connectivity index is 1.75. The van der Waals surface area contributed by atoms with E-state index >= 15 is 0 Å². The molecule has 0 atom stereocenters. The second-order valence-electron chi connectivity index (χ2n) is 5.96. The van der Waals surface area contributed by atoms with E-state index in [1.165, 1.54) is 0 Å². The zero-order valence-corrected chi connectivity index (χ0v) is 14.5. The Bertz CT molecular complexity index is 1060. The molecule has 0 bridgehead atoms. The van der Waals surface area contributed by atoms with Gasteiger partial charge in [0.2, 0.25) is 5.89 Å². The molecule has 7 nitrogen and oxygen atoms in total. The molecule has 0 unspecified atom stereocenters. The van der Waals surface area contributed by atoms with Crippen LogP contribution in [0.2, 0.25) is 0 Å². The number of benzene rings is 2. The summed E-state index contributed by atoms with van der Waals surface area (Å²) in [4.78, 5) is 8.91. The summed E-state index contributed by atoms with van der Waals surface area (Å²) in [5, 5.41) is 8.19. The van der Waals surface area contributed by atoms with E-state index in [2.05, 4.69) is 20.2 Å². The average molecular weight is 358 g/mol. The Morgan fingerprint density at radius 3 is 2.44 bits per heavy atom. The van der Waals surface area contributed by atoms with E-state index in [4.69, 9.17) is 15.9 Å². The quantitative estimate of drug-likeness (QED) is 0.563. The first-order valence-electron chi connectivity index (χ1n) is 8.56. The number of nitrogens with two attached hydrogens (primary N) is 2. The molecule has 2 aromatic carbocycles. The Kier molecular flexibility index (Phi) is 4.59. The maximum Gasteiger partial charge on any atom is 0.270 e.